The Hall–Kier alpha value is -2.56. The van der Waals surface area contributed by atoms with E-state index in [0.29, 0.717) is 0 Å². The number of amidine groups is 1. The Labute approximate surface area is 170 Å². The van der Waals surface area contributed by atoms with Crippen LogP contribution in [0.3, 0.4) is 0 Å². The Morgan fingerprint density at radius 1 is 1.21 bits per heavy atom. The third-order valence-electron chi connectivity index (χ3n) is 4.25. The number of ether oxygens (including phenoxy) is 1. The van der Waals surface area contributed by atoms with Gasteiger partial charge in [-0.15, -0.1) is 0 Å². The smallest absolute Gasteiger partial charge is 0.428 e. The molecule has 1 amide bonds. The summed E-state index contributed by atoms with van der Waals surface area (Å²) >= 11 is 2.98. The van der Waals surface area contributed by atoms with E-state index < -0.39 is 47.4 Å². The van der Waals surface area contributed by atoms with E-state index in [1.807, 2.05) is 0 Å². The van der Waals surface area contributed by atoms with E-state index in [4.69, 9.17) is 0 Å². The molecule has 1 aliphatic rings. The Bertz CT molecular complexity index is 954. The summed E-state index contributed by atoms with van der Waals surface area (Å²) in [5.41, 5.74) is -2.97. The lowest BCUT2D eigenvalue weighted by molar-refractivity contribution is -0.228. The quantitative estimate of drug-likeness (QED) is 0.518. The molecule has 0 bridgehead atoms. The molecule has 11 heteroatoms. The maximum Gasteiger partial charge on any atom is 0.428 e. The fraction of sp³-hybridized carbons (Fsp3) is 0.278. The van der Waals surface area contributed by atoms with Crippen molar-refractivity contribution in [1.82, 2.24) is 10.3 Å². The molecule has 1 aromatic heterocycles. The van der Waals surface area contributed by atoms with E-state index >= 15 is 0 Å². The zero-order chi connectivity index (χ0) is 21.4. The van der Waals surface area contributed by atoms with Crippen LogP contribution in [0.1, 0.15) is 23.0 Å². The van der Waals surface area contributed by atoms with Crippen LogP contribution in [0.25, 0.3) is 0 Å². The number of benzene rings is 1. The van der Waals surface area contributed by atoms with Gasteiger partial charge in [-0.2, -0.15) is 13.2 Å². The van der Waals surface area contributed by atoms with Gasteiger partial charge in [0.2, 0.25) is 6.10 Å². The van der Waals surface area contributed by atoms with Crippen LogP contribution in [0.2, 0.25) is 0 Å². The molecule has 1 aromatic carbocycles. The predicted molar refractivity (Wildman–Crippen MR) is 96.4 cm³/mol. The van der Waals surface area contributed by atoms with E-state index in [-0.39, 0.29) is 10.2 Å². The number of halogens is 6. The molecule has 0 radical (unpaired) electrons. The monoisotopic (exact) mass is 477 g/mol. The lowest BCUT2D eigenvalue weighted by Crippen LogP contribution is -2.56. The van der Waals surface area contributed by atoms with Crippen molar-refractivity contribution in [1.29, 1.82) is 0 Å². The molecule has 2 aromatic rings. The number of aliphatic imine (C=N–C) groups is 1. The zero-order valence-electron chi connectivity index (χ0n) is 14.7. The normalized spacial score (nSPS) is 24.4. The number of nitrogens with zero attached hydrogens (tertiary/aromatic N) is 2. The summed E-state index contributed by atoms with van der Waals surface area (Å²) in [7, 11) is 0. The Morgan fingerprint density at radius 3 is 2.48 bits per heavy atom. The SMILES string of the molecule is C[C@]1(c2nc(Br)ccc2F)N=C(NC(=O)c2ccccc2)O[C@H](C(F)(F)F)[C@@H]1F. The molecular formula is C18H13BrF5N3O2. The van der Waals surface area contributed by atoms with E-state index in [0.717, 1.165) is 13.0 Å². The van der Waals surface area contributed by atoms with Gasteiger partial charge in [0.1, 0.15) is 21.7 Å². The minimum absolute atomic E-state index is 0.0717. The second-order valence-corrected chi connectivity index (χ2v) is 7.14. The minimum atomic E-state index is -5.15. The van der Waals surface area contributed by atoms with Gasteiger partial charge in [0.05, 0.1) is 0 Å². The molecule has 29 heavy (non-hydrogen) atoms. The highest BCUT2D eigenvalue weighted by Crippen LogP contribution is 2.42. The number of carbonyl (C=O) groups excluding carboxylic acids is 1. The lowest BCUT2D eigenvalue weighted by atomic mass is 9.87. The third-order valence-corrected chi connectivity index (χ3v) is 4.69. The fourth-order valence-corrected chi connectivity index (χ4v) is 3.09. The van der Waals surface area contributed by atoms with Crippen LogP contribution in [-0.4, -0.2) is 35.4 Å². The van der Waals surface area contributed by atoms with Crippen molar-refractivity contribution >= 4 is 27.9 Å². The first-order valence-electron chi connectivity index (χ1n) is 8.18. The van der Waals surface area contributed by atoms with Crippen molar-refractivity contribution in [3.63, 3.8) is 0 Å². The van der Waals surface area contributed by atoms with Crippen LogP contribution in [0.15, 0.2) is 52.1 Å². The summed E-state index contributed by atoms with van der Waals surface area (Å²) in [5.74, 6) is -1.88. The van der Waals surface area contributed by atoms with Crippen molar-refractivity contribution in [2.45, 2.75) is 30.9 Å². The van der Waals surface area contributed by atoms with Crippen LogP contribution in [-0.2, 0) is 10.3 Å². The second kappa shape index (κ2) is 7.69. The standard InChI is InChI=1S/C18H13BrF5N3O2/c1-17(13-10(20)7-8-11(19)25-13)12(21)14(18(22,23)24)29-16(27-17)26-15(28)9-5-3-2-4-6-9/h2-8,12,14H,1H3,(H,26,27,28)/t12-,14-,17-/m0/s1. The number of pyridine rings is 1. The highest BCUT2D eigenvalue weighted by molar-refractivity contribution is 9.10. The fourth-order valence-electron chi connectivity index (χ4n) is 2.78. The summed E-state index contributed by atoms with van der Waals surface area (Å²) in [6.07, 6.45) is -11.0. The molecule has 5 nitrogen and oxygen atoms in total. The molecule has 0 aliphatic carbocycles. The second-order valence-electron chi connectivity index (χ2n) is 6.33. The Morgan fingerprint density at radius 2 is 1.86 bits per heavy atom. The molecule has 0 fully saturated rings. The van der Waals surface area contributed by atoms with Gasteiger partial charge in [-0.05, 0) is 47.1 Å². The van der Waals surface area contributed by atoms with Gasteiger partial charge in [-0.3, -0.25) is 10.1 Å². The van der Waals surface area contributed by atoms with Gasteiger partial charge >= 0.3 is 6.18 Å². The number of amides is 1. The largest absolute Gasteiger partial charge is 0.449 e. The molecule has 0 saturated heterocycles. The van der Waals surface area contributed by atoms with Crippen molar-refractivity contribution in [3.8, 4) is 0 Å². The van der Waals surface area contributed by atoms with Gasteiger partial charge in [-0.1, -0.05) is 18.2 Å². The van der Waals surface area contributed by atoms with E-state index in [2.05, 4.69) is 36.0 Å². The van der Waals surface area contributed by atoms with Crippen molar-refractivity contribution in [3.05, 3.63) is 64.1 Å². The van der Waals surface area contributed by atoms with E-state index in [1.165, 1.54) is 18.2 Å². The van der Waals surface area contributed by atoms with Gasteiger partial charge in [-0.25, -0.2) is 18.8 Å². The highest BCUT2D eigenvalue weighted by Gasteiger charge is 2.59. The summed E-state index contributed by atoms with van der Waals surface area (Å²) < 4.78 is 74.2. The molecule has 0 spiro atoms. The first-order valence-corrected chi connectivity index (χ1v) is 8.98. The Kier molecular flexibility index (Phi) is 5.61. The van der Waals surface area contributed by atoms with Gasteiger partial charge in [0.15, 0.2) is 6.17 Å². The molecule has 3 rings (SSSR count). The Balaban J connectivity index is 2.06. The average molecular weight is 478 g/mol. The van der Waals surface area contributed by atoms with Crippen LogP contribution in [0.4, 0.5) is 22.0 Å². The molecule has 1 N–H and O–H groups in total. The summed E-state index contributed by atoms with van der Waals surface area (Å²) in [6.45, 7) is 0.950. The third kappa shape index (κ3) is 4.24. The summed E-state index contributed by atoms with van der Waals surface area (Å²) in [6, 6.07) is 8.77. The topological polar surface area (TPSA) is 63.6 Å². The number of rotatable bonds is 2. The molecule has 154 valence electrons. The minimum Gasteiger partial charge on any atom is -0.449 e. The van der Waals surface area contributed by atoms with Gasteiger partial charge in [0, 0.05) is 5.56 Å². The molecular weight excluding hydrogens is 465 g/mol. The number of carbonyl (C=O) groups is 1. The predicted octanol–water partition coefficient (Wildman–Crippen LogP) is 4.28. The van der Waals surface area contributed by atoms with Crippen molar-refractivity contribution < 1.29 is 31.5 Å². The number of aromatic nitrogens is 1. The molecule has 1 aliphatic heterocycles. The van der Waals surface area contributed by atoms with Crippen LogP contribution >= 0.6 is 15.9 Å². The number of alkyl halides is 4. The summed E-state index contributed by atoms with van der Waals surface area (Å²) in [4.78, 5) is 19.8. The van der Waals surface area contributed by atoms with Crippen LogP contribution in [0.5, 0.6) is 0 Å². The van der Waals surface area contributed by atoms with Crippen LogP contribution in [0, 0.1) is 5.82 Å². The number of hydrogen-bond acceptors (Lipinski definition) is 4. The molecule has 2 heterocycles. The molecule has 0 saturated carbocycles. The van der Waals surface area contributed by atoms with Crippen molar-refractivity contribution in [2.24, 2.45) is 4.99 Å². The van der Waals surface area contributed by atoms with Gasteiger partial charge < -0.3 is 4.74 Å². The summed E-state index contributed by atoms with van der Waals surface area (Å²) in [5, 5.41) is 2.08. The number of hydrogen-bond donors (Lipinski definition) is 1. The maximum atomic E-state index is 14.9. The first-order chi connectivity index (χ1) is 13.5. The zero-order valence-corrected chi connectivity index (χ0v) is 16.3. The average Bonchev–Trinajstić information content (AvgIpc) is 2.66. The van der Waals surface area contributed by atoms with Gasteiger partial charge in [0.25, 0.3) is 11.9 Å². The van der Waals surface area contributed by atoms with Crippen LogP contribution < -0.4 is 5.32 Å². The van der Waals surface area contributed by atoms with E-state index in [1.54, 1.807) is 18.2 Å². The van der Waals surface area contributed by atoms with Crippen molar-refractivity contribution in [2.75, 3.05) is 0 Å². The molecule has 0 unspecified atom stereocenters. The first kappa shape index (κ1) is 21.2. The number of nitrogens with one attached hydrogen (secondary N) is 1. The highest BCUT2D eigenvalue weighted by atomic mass is 79.9. The maximum absolute atomic E-state index is 14.9. The van der Waals surface area contributed by atoms with E-state index in [9.17, 15) is 26.7 Å². The lowest BCUT2D eigenvalue weighted by Gasteiger charge is -2.39. The molecule has 3 atom stereocenters.